The number of rotatable bonds is 5. The van der Waals surface area contributed by atoms with Crippen LogP contribution in [-0.2, 0) is 4.79 Å². The fourth-order valence-corrected chi connectivity index (χ4v) is 1.68. The molecule has 3 heteroatoms. The Morgan fingerprint density at radius 3 is 2.62 bits per heavy atom. The van der Waals surface area contributed by atoms with Gasteiger partial charge in [-0.2, -0.15) is 0 Å². The highest BCUT2D eigenvalue weighted by Gasteiger charge is 2.36. The van der Waals surface area contributed by atoms with Crippen molar-refractivity contribution < 1.29 is 4.79 Å². The number of carbonyl (C=O) groups is 1. The number of nitrogens with two attached hydrogens (primary N) is 1. The monoisotopic (exact) mass is 184 g/mol. The van der Waals surface area contributed by atoms with E-state index in [1.54, 1.807) is 0 Å². The molecule has 0 radical (unpaired) electrons. The lowest BCUT2D eigenvalue weighted by Crippen LogP contribution is -2.58. The summed E-state index contributed by atoms with van der Waals surface area (Å²) in [5.74, 6) is 0.173. The van der Waals surface area contributed by atoms with Gasteiger partial charge in [-0.15, -0.1) is 0 Å². The zero-order valence-corrected chi connectivity index (χ0v) is 8.44. The molecule has 0 unspecified atom stereocenters. The van der Waals surface area contributed by atoms with E-state index in [-0.39, 0.29) is 11.4 Å². The largest absolute Gasteiger partial charge is 0.349 e. The summed E-state index contributed by atoms with van der Waals surface area (Å²) in [7, 11) is 0. The van der Waals surface area contributed by atoms with Crippen LogP contribution in [-0.4, -0.2) is 18.0 Å². The molecule has 1 aliphatic rings. The standard InChI is InChI=1S/C10H20N2O/c1-2-3-5-9(13)12-10(8-11)6-4-7-10/h2-8,11H2,1H3,(H,12,13). The third-order valence-corrected chi connectivity index (χ3v) is 2.86. The Balaban J connectivity index is 2.25. The lowest BCUT2D eigenvalue weighted by atomic mass is 9.76. The highest BCUT2D eigenvalue weighted by Crippen LogP contribution is 2.30. The molecule has 1 amide bonds. The predicted molar refractivity (Wildman–Crippen MR) is 53.3 cm³/mol. The molecule has 0 saturated heterocycles. The van der Waals surface area contributed by atoms with Crippen molar-refractivity contribution in [2.45, 2.75) is 51.0 Å². The Hall–Kier alpha value is -0.570. The zero-order chi connectivity index (χ0) is 9.73. The molecule has 0 aliphatic heterocycles. The molecular formula is C10H20N2O. The molecule has 0 aromatic carbocycles. The van der Waals surface area contributed by atoms with Crippen LogP contribution in [0.5, 0.6) is 0 Å². The fraction of sp³-hybridized carbons (Fsp3) is 0.900. The van der Waals surface area contributed by atoms with Crippen LogP contribution >= 0.6 is 0 Å². The molecular weight excluding hydrogens is 164 g/mol. The summed E-state index contributed by atoms with van der Waals surface area (Å²) in [5.41, 5.74) is 5.59. The maximum Gasteiger partial charge on any atom is 0.220 e. The predicted octanol–water partition coefficient (Wildman–Crippen LogP) is 1.17. The Bertz CT molecular complexity index is 170. The Labute approximate surface area is 80.1 Å². The second-order valence-corrected chi connectivity index (χ2v) is 3.99. The van der Waals surface area contributed by atoms with Crippen molar-refractivity contribution in [2.75, 3.05) is 6.54 Å². The van der Waals surface area contributed by atoms with Gasteiger partial charge < -0.3 is 11.1 Å². The zero-order valence-electron chi connectivity index (χ0n) is 8.44. The van der Waals surface area contributed by atoms with E-state index in [9.17, 15) is 4.79 Å². The number of amides is 1. The van der Waals surface area contributed by atoms with Gasteiger partial charge in [0.2, 0.25) is 5.91 Å². The van der Waals surface area contributed by atoms with Crippen LogP contribution in [0.4, 0.5) is 0 Å². The molecule has 13 heavy (non-hydrogen) atoms. The van der Waals surface area contributed by atoms with Crippen LogP contribution in [0.15, 0.2) is 0 Å². The second-order valence-electron chi connectivity index (χ2n) is 3.99. The van der Waals surface area contributed by atoms with Gasteiger partial charge in [-0.1, -0.05) is 13.3 Å². The van der Waals surface area contributed by atoms with Gasteiger partial charge in [0.05, 0.1) is 5.54 Å². The molecule has 0 heterocycles. The summed E-state index contributed by atoms with van der Waals surface area (Å²) in [6, 6.07) is 0. The van der Waals surface area contributed by atoms with Crippen molar-refractivity contribution in [3.05, 3.63) is 0 Å². The maximum absolute atomic E-state index is 11.4. The van der Waals surface area contributed by atoms with Gasteiger partial charge in [0.25, 0.3) is 0 Å². The van der Waals surface area contributed by atoms with Gasteiger partial charge in [0.15, 0.2) is 0 Å². The third-order valence-electron chi connectivity index (χ3n) is 2.86. The lowest BCUT2D eigenvalue weighted by molar-refractivity contribution is -0.124. The quantitative estimate of drug-likeness (QED) is 0.674. The van der Waals surface area contributed by atoms with Gasteiger partial charge in [-0.25, -0.2) is 0 Å². The van der Waals surface area contributed by atoms with E-state index in [0.29, 0.717) is 13.0 Å². The van der Waals surface area contributed by atoms with Crippen molar-refractivity contribution >= 4 is 5.91 Å². The Morgan fingerprint density at radius 2 is 2.23 bits per heavy atom. The van der Waals surface area contributed by atoms with E-state index in [4.69, 9.17) is 5.73 Å². The van der Waals surface area contributed by atoms with Gasteiger partial charge in [0.1, 0.15) is 0 Å². The van der Waals surface area contributed by atoms with Crippen LogP contribution in [0.25, 0.3) is 0 Å². The summed E-state index contributed by atoms with van der Waals surface area (Å²) in [6.45, 7) is 2.68. The molecule has 1 fully saturated rings. The minimum atomic E-state index is -0.0369. The second kappa shape index (κ2) is 4.61. The molecule has 0 spiro atoms. The van der Waals surface area contributed by atoms with E-state index >= 15 is 0 Å². The van der Waals surface area contributed by atoms with E-state index < -0.39 is 0 Å². The minimum Gasteiger partial charge on any atom is -0.349 e. The van der Waals surface area contributed by atoms with Gasteiger partial charge >= 0.3 is 0 Å². The van der Waals surface area contributed by atoms with E-state index in [2.05, 4.69) is 12.2 Å². The van der Waals surface area contributed by atoms with E-state index in [1.807, 2.05) is 0 Å². The first-order valence-corrected chi connectivity index (χ1v) is 5.23. The highest BCUT2D eigenvalue weighted by molar-refractivity contribution is 5.76. The van der Waals surface area contributed by atoms with Crippen LogP contribution < -0.4 is 11.1 Å². The molecule has 1 saturated carbocycles. The summed E-state index contributed by atoms with van der Waals surface area (Å²) >= 11 is 0. The van der Waals surface area contributed by atoms with Crippen molar-refractivity contribution in [1.29, 1.82) is 0 Å². The van der Waals surface area contributed by atoms with Crippen molar-refractivity contribution in [1.82, 2.24) is 5.32 Å². The molecule has 0 aromatic rings. The molecule has 0 atom stereocenters. The van der Waals surface area contributed by atoms with Crippen molar-refractivity contribution in [3.8, 4) is 0 Å². The normalized spacial score (nSPS) is 19.2. The van der Waals surface area contributed by atoms with Crippen molar-refractivity contribution in [3.63, 3.8) is 0 Å². The molecule has 1 aliphatic carbocycles. The van der Waals surface area contributed by atoms with E-state index in [0.717, 1.165) is 25.7 Å². The number of carbonyl (C=O) groups excluding carboxylic acids is 1. The number of hydrogen-bond acceptors (Lipinski definition) is 2. The lowest BCUT2D eigenvalue weighted by Gasteiger charge is -2.41. The van der Waals surface area contributed by atoms with Crippen LogP contribution in [0.1, 0.15) is 45.4 Å². The summed E-state index contributed by atoms with van der Waals surface area (Å²) < 4.78 is 0. The summed E-state index contributed by atoms with van der Waals surface area (Å²) in [5, 5.41) is 3.05. The summed E-state index contributed by atoms with van der Waals surface area (Å²) in [4.78, 5) is 11.4. The van der Waals surface area contributed by atoms with Gasteiger partial charge in [-0.3, -0.25) is 4.79 Å². The minimum absolute atomic E-state index is 0.0369. The Morgan fingerprint density at radius 1 is 1.54 bits per heavy atom. The average molecular weight is 184 g/mol. The molecule has 76 valence electrons. The number of hydrogen-bond donors (Lipinski definition) is 2. The third kappa shape index (κ3) is 2.69. The number of nitrogens with one attached hydrogen (secondary N) is 1. The first-order valence-electron chi connectivity index (χ1n) is 5.23. The Kier molecular flexibility index (Phi) is 3.72. The molecule has 0 aromatic heterocycles. The maximum atomic E-state index is 11.4. The van der Waals surface area contributed by atoms with Gasteiger partial charge in [0, 0.05) is 13.0 Å². The molecule has 3 nitrogen and oxygen atoms in total. The highest BCUT2D eigenvalue weighted by atomic mass is 16.1. The fourth-order valence-electron chi connectivity index (χ4n) is 1.68. The average Bonchev–Trinajstić information content (AvgIpc) is 2.08. The summed E-state index contributed by atoms with van der Waals surface area (Å²) in [6.07, 6.45) is 6.02. The number of unbranched alkanes of at least 4 members (excludes halogenated alkanes) is 1. The molecule has 0 bridgehead atoms. The smallest absolute Gasteiger partial charge is 0.220 e. The SMILES string of the molecule is CCCCC(=O)NC1(CN)CCC1. The molecule has 3 N–H and O–H groups in total. The van der Waals surface area contributed by atoms with Crippen molar-refractivity contribution in [2.24, 2.45) is 5.73 Å². The topological polar surface area (TPSA) is 55.1 Å². The molecule has 1 rings (SSSR count). The first kappa shape index (κ1) is 10.5. The van der Waals surface area contributed by atoms with E-state index in [1.165, 1.54) is 6.42 Å². The van der Waals surface area contributed by atoms with Crippen LogP contribution in [0.2, 0.25) is 0 Å². The van der Waals surface area contributed by atoms with Gasteiger partial charge in [-0.05, 0) is 25.7 Å². The van der Waals surface area contributed by atoms with Crippen LogP contribution in [0, 0.1) is 0 Å². The van der Waals surface area contributed by atoms with Crippen LogP contribution in [0.3, 0.4) is 0 Å². The first-order chi connectivity index (χ1) is 6.22.